The number of nitrogens with zero attached hydrogens (tertiary/aromatic N) is 4. The maximum absolute atomic E-state index is 12.8. The number of carbonyl (C=O) groups excluding carboxylic acids is 1. The average Bonchev–Trinajstić information content (AvgIpc) is 3.49. The van der Waals surface area contributed by atoms with Crippen molar-refractivity contribution in [2.45, 2.75) is 32.3 Å². The SMILES string of the molecule is NC(=O)c1ccc2c(c1)nc(NCCOCCCCNCc1cc(Cn3ccnc3)cc(OC(F)(F)F)c1)c1ccncc12. The minimum atomic E-state index is -4.76. The summed E-state index contributed by atoms with van der Waals surface area (Å²) in [5.74, 6) is -0.0892. The van der Waals surface area contributed by atoms with Crippen LogP contribution >= 0.6 is 0 Å². The number of ether oxygens (including phenoxy) is 2. The van der Waals surface area contributed by atoms with E-state index in [0.717, 1.165) is 29.0 Å². The summed E-state index contributed by atoms with van der Waals surface area (Å²) in [4.78, 5) is 24.6. The third-order valence-corrected chi connectivity index (χ3v) is 6.83. The number of primary amides is 1. The molecule has 13 heteroatoms. The van der Waals surface area contributed by atoms with Gasteiger partial charge >= 0.3 is 6.36 Å². The Hall–Kier alpha value is -4.75. The number of rotatable bonds is 15. The molecule has 0 spiro atoms. The Morgan fingerprint density at radius 2 is 1.80 bits per heavy atom. The molecule has 0 unspecified atom stereocenters. The lowest BCUT2D eigenvalue weighted by molar-refractivity contribution is -0.274. The number of carbonyl (C=O) groups is 1. The van der Waals surface area contributed by atoms with Gasteiger partial charge in [-0.25, -0.2) is 9.97 Å². The molecule has 0 aliphatic rings. The topological polar surface area (TPSA) is 129 Å². The second-order valence-corrected chi connectivity index (χ2v) is 10.2. The average molecular weight is 608 g/mol. The monoisotopic (exact) mass is 607 g/mol. The molecule has 5 rings (SSSR count). The van der Waals surface area contributed by atoms with E-state index in [9.17, 15) is 18.0 Å². The number of aromatic nitrogens is 4. The molecule has 44 heavy (non-hydrogen) atoms. The van der Waals surface area contributed by atoms with Crippen molar-refractivity contribution in [1.29, 1.82) is 0 Å². The zero-order chi connectivity index (χ0) is 30.9. The number of imidazole rings is 1. The highest BCUT2D eigenvalue weighted by Crippen LogP contribution is 2.29. The summed E-state index contributed by atoms with van der Waals surface area (Å²) >= 11 is 0. The lowest BCUT2D eigenvalue weighted by Crippen LogP contribution is -2.19. The van der Waals surface area contributed by atoms with Crippen molar-refractivity contribution in [3.63, 3.8) is 0 Å². The molecular formula is C31H32F3N7O3. The number of benzene rings is 2. The van der Waals surface area contributed by atoms with Crippen molar-refractivity contribution in [3.05, 3.63) is 90.3 Å². The molecule has 0 atom stereocenters. The number of amides is 1. The Morgan fingerprint density at radius 1 is 0.932 bits per heavy atom. The molecule has 3 aromatic heterocycles. The number of halogens is 3. The summed E-state index contributed by atoms with van der Waals surface area (Å²) in [6.07, 6.45) is 5.33. The molecule has 0 aliphatic carbocycles. The zero-order valence-electron chi connectivity index (χ0n) is 23.8. The van der Waals surface area contributed by atoms with Crippen molar-refractivity contribution in [1.82, 2.24) is 24.8 Å². The van der Waals surface area contributed by atoms with Gasteiger partial charge in [0.1, 0.15) is 11.6 Å². The van der Waals surface area contributed by atoms with E-state index in [4.69, 9.17) is 15.5 Å². The Morgan fingerprint density at radius 3 is 2.59 bits per heavy atom. The molecule has 230 valence electrons. The number of hydrogen-bond donors (Lipinski definition) is 3. The molecule has 0 radical (unpaired) electrons. The van der Waals surface area contributed by atoms with E-state index in [1.54, 1.807) is 47.8 Å². The Bertz CT molecular complexity index is 1710. The van der Waals surface area contributed by atoms with E-state index in [1.165, 1.54) is 12.1 Å². The molecule has 1 amide bonds. The van der Waals surface area contributed by atoms with Gasteiger partial charge in [-0.05, 0) is 60.8 Å². The van der Waals surface area contributed by atoms with Gasteiger partial charge in [0.05, 0.1) is 18.5 Å². The fourth-order valence-electron chi connectivity index (χ4n) is 4.87. The van der Waals surface area contributed by atoms with E-state index in [0.29, 0.717) is 67.4 Å². The maximum atomic E-state index is 12.8. The van der Waals surface area contributed by atoms with Crippen LogP contribution in [0.3, 0.4) is 0 Å². The van der Waals surface area contributed by atoms with E-state index in [2.05, 4.69) is 25.3 Å². The molecular weight excluding hydrogens is 575 g/mol. The van der Waals surface area contributed by atoms with E-state index >= 15 is 0 Å². The van der Waals surface area contributed by atoms with Crippen LogP contribution in [0.2, 0.25) is 0 Å². The second kappa shape index (κ2) is 14.1. The summed E-state index contributed by atoms with van der Waals surface area (Å²) in [6, 6.07) is 11.7. The summed E-state index contributed by atoms with van der Waals surface area (Å²) in [5, 5.41) is 9.30. The molecule has 5 aromatic rings. The largest absolute Gasteiger partial charge is 0.573 e. The number of alkyl halides is 3. The molecule has 2 aromatic carbocycles. The van der Waals surface area contributed by atoms with Crippen LogP contribution < -0.4 is 21.1 Å². The summed E-state index contributed by atoms with van der Waals surface area (Å²) in [5.41, 5.74) is 7.85. The predicted molar refractivity (Wildman–Crippen MR) is 160 cm³/mol. The van der Waals surface area contributed by atoms with Gasteiger partial charge in [-0.15, -0.1) is 13.2 Å². The summed E-state index contributed by atoms with van der Waals surface area (Å²) in [7, 11) is 0. The summed E-state index contributed by atoms with van der Waals surface area (Å²) < 4.78 is 50.2. The predicted octanol–water partition coefficient (Wildman–Crippen LogP) is 5.02. The van der Waals surface area contributed by atoms with Gasteiger partial charge in [0.15, 0.2) is 0 Å². The first-order chi connectivity index (χ1) is 21.2. The van der Waals surface area contributed by atoms with E-state index in [1.807, 2.05) is 18.2 Å². The minimum Gasteiger partial charge on any atom is -0.406 e. The number of nitrogens with one attached hydrogen (secondary N) is 2. The quantitative estimate of drug-likeness (QED) is 0.112. The van der Waals surface area contributed by atoms with Crippen molar-refractivity contribution in [3.8, 4) is 5.75 Å². The van der Waals surface area contributed by atoms with Crippen molar-refractivity contribution in [2.24, 2.45) is 5.73 Å². The molecule has 0 aliphatic heterocycles. The third-order valence-electron chi connectivity index (χ3n) is 6.83. The fraction of sp³-hybridized carbons (Fsp3) is 0.290. The van der Waals surface area contributed by atoms with E-state index < -0.39 is 12.3 Å². The third kappa shape index (κ3) is 8.42. The molecule has 0 saturated heterocycles. The number of hydrogen-bond acceptors (Lipinski definition) is 8. The number of fused-ring (bicyclic) bond motifs is 3. The molecule has 10 nitrogen and oxygen atoms in total. The normalized spacial score (nSPS) is 11.7. The van der Waals surface area contributed by atoms with Crippen molar-refractivity contribution < 1.29 is 27.4 Å². The lowest BCUT2D eigenvalue weighted by Gasteiger charge is -2.14. The number of nitrogens with two attached hydrogens (primary N) is 1. The minimum absolute atomic E-state index is 0.243. The van der Waals surface area contributed by atoms with Crippen molar-refractivity contribution in [2.75, 3.05) is 31.6 Å². The maximum Gasteiger partial charge on any atom is 0.573 e. The fourth-order valence-corrected chi connectivity index (χ4v) is 4.87. The number of unbranched alkanes of at least 4 members (excludes halogenated alkanes) is 1. The zero-order valence-corrected chi connectivity index (χ0v) is 23.8. The molecule has 0 saturated carbocycles. The Balaban J connectivity index is 1.05. The van der Waals surface area contributed by atoms with Crippen LogP contribution in [0.15, 0.2) is 73.6 Å². The molecule has 0 bridgehead atoms. The van der Waals surface area contributed by atoms with Crippen LogP contribution in [0.1, 0.15) is 34.3 Å². The van der Waals surface area contributed by atoms with Crippen LogP contribution in [0, 0.1) is 0 Å². The second-order valence-electron chi connectivity index (χ2n) is 10.2. The van der Waals surface area contributed by atoms with Crippen LogP contribution in [-0.4, -0.2) is 58.1 Å². The Kier molecular flexibility index (Phi) is 9.87. The molecule has 4 N–H and O–H groups in total. The first kappa shape index (κ1) is 30.7. The Labute approximate surface area is 251 Å². The van der Waals surface area contributed by atoms with Gasteiger partial charge < -0.3 is 30.4 Å². The number of pyridine rings is 2. The van der Waals surface area contributed by atoms with Gasteiger partial charge in [-0.1, -0.05) is 12.1 Å². The van der Waals surface area contributed by atoms with Crippen LogP contribution in [0.25, 0.3) is 21.7 Å². The molecule has 3 heterocycles. The van der Waals surface area contributed by atoms with Crippen molar-refractivity contribution >= 4 is 33.4 Å². The standard InChI is InChI=1S/C31H32F3N7O3/c32-31(33,34)44-24-14-21(13-22(15-24)19-41-10-8-38-20-41)17-36-6-1-2-11-43-12-9-39-30-26-5-7-37-18-27(26)25-4-3-23(29(35)42)16-28(25)40-30/h3-5,7-8,10,13-16,18,20,36H,1-2,6,9,11-12,17,19H2,(H2,35,42)(H,39,40). The smallest absolute Gasteiger partial charge is 0.406 e. The molecule has 0 fully saturated rings. The van der Waals surface area contributed by atoms with Gasteiger partial charge in [-0.2, -0.15) is 0 Å². The first-order valence-corrected chi connectivity index (χ1v) is 14.1. The summed E-state index contributed by atoms with van der Waals surface area (Å²) in [6.45, 7) is 3.02. The van der Waals surface area contributed by atoms with Gasteiger partial charge in [0, 0.05) is 72.8 Å². The lowest BCUT2D eigenvalue weighted by atomic mass is 10.1. The highest BCUT2D eigenvalue weighted by atomic mass is 19.4. The first-order valence-electron chi connectivity index (χ1n) is 14.1. The van der Waals surface area contributed by atoms with Crippen LogP contribution in [-0.2, 0) is 17.8 Å². The van der Waals surface area contributed by atoms with Gasteiger partial charge in [-0.3, -0.25) is 9.78 Å². The van der Waals surface area contributed by atoms with Gasteiger partial charge in [0.2, 0.25) is 5.91 Å². The highest BCUT2D eigenvalue weighted by molar-refractivity contribution is 6.11. The highest BCUT2D eigenvalue weighted by Gasteiger charge is 2.31. The van der Waals surface area contributed by atoms with E-state index in [-0.39, 0.29) is 5.75 Å². The number of anilines is 1. The van der Waals surface area contributed by atoms with Crippen LogP contribution in [0.5, 0.6) is 5.75 Å². The van der Waals surface area contributed by atoms with Crippen LogP contribution in [0.4, 0.5) is 19.0 Å². The van der Waals surface area contributed by atoms with Gasteiger partial charge in [0.25, 0.3) is 0 Å².